The van der Waals surface area contributed by atoms with Crippen molar-refractivity contribution in [1.82, 2.24) is 24.3 Å². The van der Waals surface area contributed by atoms with Gasteiger partial charge < -0.3 is 0 Å². The van der Waals surface area contributed by atoms with Crippen LogP contribution in [0.25, 0.3) is 11.0 Å². The highest BCUT2D eigenvalue weighted by atomic mass is 35.5. The predicted octanol–water partition coefficient (Wildman–Crippen LogP) is 1.88. The standard InChI is InChI=1S/C12H9Cl2N5O/c1-18-11-8(4-16-18)12(20)19(6-15-11)5-7-2-3-9(13)17-10(7)14/h2-4,6H,5H2,1H3. The topological polar surface area (TPSA) is 65.6 Å². The lowest BCUT2D eigenvalue weighted by Crippen LogP contribution is -2.21. The normalized spacial score (nSPS) is 11.2. The summed E-state index contributed by atoms with van der Waals surface area (Å²) < 4.78 is 3.01. The van der Waals surface area contributed by atoms with Gasteiger partial charge in [0.2, 0.25) is 0 Å². The van der Waals surface area contributed by atoms with E-state index in [-0.39, 0.29) is 17.3 Å². The number of halogens is 2. The molecule has 3 heterocycles. The van der Waals surface area contributed by atoms with E-state index in [1.165, 1.54) is 17.1 Å². The minimum Gasteiger partial charge on any atom is -0.294 e. The first-order valence-corrected chi connectivity index (χ1v) is 6.50. The summed E-state index contributed by atoms with van der Waals surface area (Å²) in [5.41, 5.74) is 1.07. The summed E-state index contributed by atoms with van der Waals surface area (Å²) in [7, 11) is 1.74. The molecular weight excluding hydrogens is 301 g/mol. The van der Waals surface area contributed by atoms with Gasteiger partial charge in [0, 0.05) is 12.6 Å². The van der Waals surface area contributed by atoms with Crippen LogP contribution in [-0.2, 0) is 13.6 Å². The van der Waals surface area contributed by atoms with E-state index < -0.39 is 0 Å². The zero-order valence-electron chi connectivity index (χ0n) is 10.4. The molecule has 0 atom stereocenters. The van der Waals surface area contributed by atoms with Gasteiger partial charge >= 0.3 is 0 Å². The number of rotatable bonds is 2. The van der Waals surface area contributed by atoms with Crippen molar-refractivity contribution in [1.29, 1.82) is 0 Å². The second-order valence-electron chi connectivity index (χ2n) is 4.27. The van der Waals surface area contributed by atoms with Crippen LogP contribution in [0.3, 0.4) is 0 Å². The van der Waals surface area contributed by atoms with E-state index in [0.717, 1.165) is 0 Å². The average molecular weight is 310 g/mol. The number of aryl methyl sites for hydroxylation is 1. The summed E-state index contributed by atoms with van der Waals surface area (Å²) in [4.78, 5) is 20.5. The summed E-state index contributed by atoms with van der Waals surface area (Å²) in [6.07, 6.45) is 2.97. The second kappa shape index (κ2) is 4.88. The predicted molar refractivity (Wildman–Crippen MR) is 76.1 cm³/mol. The van der Waals surface area contributed by atoms with E-state index in [4.69, 9.17) is 23.2 Å². The van der Waals surface area contributed by atoms with E-state index in [1.54, 1.807) is 23.9 Å². The largest absolute Gasteiger partial charge is 0.294 e. The minimum atomic E-state index is -0.172. The molecule has 102 valence electrons. The summed E-state index contributed by atoms with van der Waals surface area (Å²) in [5, 5.41) is 5.07. The first-order chi connectivity index (χ1) is 9.56. The smallest absolute Gasteiger partial charge is 0.264 e. The first kappa shape index (κ1) is 13.1. The molecule has 0 aliphatic heterocycles. The highest BCUT2D eigenvalue weighted by molar-refractivity contribution is 6.32. The molecule has 0 spiro atoms. The van der Waals surface area contributed by atoms with Gasteiger partial charge in [-0.1, -0.05) is 29.3 Å². The van der Waals surface area contributed by atoms with Gasteiger partial charge in [-0.3, -0.25) is 14.0 Å². The molecule has 0 aromatic carbocycles. The fourth-order valence-corrected chi connectivity index (χ4v) is 2.33. The van der Waals surface area contributed by atoms with Crippen molar-refractivity contribution in [2.75, 3.05) is 0 Å². The van der Waals surface area contributed by atoms with Crippen LogP contribution in [0.5, 0.6) is 0 Å². The molecule has 0 bridgehead atoms. The van der Waals surface area contributed by atoms with Gasteiger partial charge in [-0.2, -0.15) is 5.10 Å². The minimum absolute atomic E-state index is 0.172. The van der Waals surface area contributed by atoms with Crippen molar-refractivity contribution in [2.45, 2.75) is 6.54 Å². The van der Waals surface area contributed by atoms with Crippen molar-refractivity contribution >= 4 is 34.2 Å². The summed E-state index contributed by atoms with van der Waals surface area (Å²) >= 11 is 11.8. The van der Waals surface area contributed by atoms with E-state index >= 15 is 0 Å². The molecule has 3 aromatic rings. The molecule has 3 aromatic heterocycles. The van der Waals surface area contributed by atoms with Crippen molar-refractivity contribution in [3.05, 3.63) is 50.9 Å². The Morgan fingerprint density at radius 2 is 2.10 bits per heavy atom. The Bertz CT molecular complexity index is 855. The van der Waals surface area contributed by atoms with Crippen molar-refractivity contribution in [3.8, 4) is 0 Å². The summed E-state index contributed by atoms with van der Waals surface area (Å²) in [5.74, 6) is 0. The number of aromatic nitrogens is 5. The maximum absolute atomic E-state index is 12.3. The molecule has 0 fully saturated rings. The molecule has 8 heteroatoms. The third kappa shape index (κ3) is 2.17. The van der Waals surface area contributed by atoms with Crippen LogP contribution in [-0.4, -0.2) is 24.3 Å². The average Bonchev–Trinajstić information content (AvgIpc) is 2.78. The third-order valence-electron chi connectivity index (χ3n) is 2.95. The number of fused-ring (bicyclic) bond motifs is 1. The van der Waals surface area contributed by atoms with Crippen LogP contribution in [0.2, 0.25) is 10.3 Å². The molecule has 0 amide bonds. The lowest BCUT2D eigenvalue weighted by atomic mass is 10.3. The number of pyridine rings is 1. The molecule has 0 saturated heterocycles. The molecular formula is C12H9Cl2N5O. The van der Waals surface area contributed by atoms with Crippen LogP contribution in [0, 0.1) is 0 Å². The van der Waals surface area contributed by atoms with Gasteiger partial charge in [0.1, 0.15) is 22.0 Å². The van der Waals surface area contributed by atoms with Gasteiger partial charge in [-0.25, -0.2) is 9.97 Å². The van der Waals surface area contributed by atoms with E-state index in [1.807, 2.05) is 0 Å². The maximum atomic E-state index is 12.3. The van der Waals surface area contributed by atoms with E-state index in [0.29, 0.717) is 21.7 Å². The number of hydrogen-bond donors (Lipinski definition) is 0. The fraction of sp³-hybridized carbons (Fsp3) is 0.167. The number of nitrogens with zero attached hydrogens (tertiary/aromatic N) is 5. The Morgan fingerprint density at radius 1 is 1.30 bits per heavy atom. The van der Waals surface area contributed by atoms with Crippen molar-refractivity contribution < 1.29 is 0 Å². The highest BCUT2D eigenvalue weighted by Crippen LogP contribution is 2.17. The third-order valence-corrected chi connectivity index (χ3v) is 3.49. The van der Waals surface area contributed by atoms with Crippen LogP contribution >= 0.6 is 23.2 Å². The summed E-state index contributed by atoms with van der Waals surface area (Å²) in [6.45, 7) is 0.277. The lowest BCUT2D eigenvalue weighted by Gasteiger charge is -2.07. The molecule has 0 aliphatic carbocycles. The highest BCUT2D eigenvalue weighted by Gasteiger charge is 2.10. The molecule has 0 radical (unpaired) electrons. The van der Waals surface area contributed by atoms with Crippen LogP contribution in [0.4, 0.5) is 0 Å². The zero-order valence-corrected chi connectivity index (χ0v) is 11.9. The van der Waals surface area contributed by atoms with Gasteiger partial charge in [0.25, 0.3) is 5.56 Å². The Hall–Kier alpha value is -1.92. The van der Waals surface area contributed by atoms with Gasteiger partial charge in [-0.15, -0.1) is 0 Å². The Kier molecular flexibility index (Phi) is 3.19. The van der Waals surface area contributed by atoms with Crippen molar-refractivity contribution in [3.63, 3.8) is 0 Å². The SMILES string of the molecule is Cn1ncc2c(=O)n(Cc3ccc(Cl)nc3Cl)cnc21. The fourth-order valence-electron chi connectivity index (χ4n) is 1.92. The molecule has 0 aliphatic rings. The van der Waals surface area contributed by atoms with Gasteiger partial charge in [0.15, 0.2) is 5.65 Å². The quantitative estimate of drug-likeness (QED) is 0.678. The molecule has 6 nitrogen and oxygen atoms in total. The monoisotopic (exact) mass is 309 g/mol. The van der Waals surface area contributed by atoms with Gasteiger partial charge in [-0.05, 0) is 6.07 Å². The first-order valence-electron chi connectivity index (χ1n) is 5.74. The van der Waals surface area contributed by atoms with Crippen LogP contribution < -0.4 is 5.56 Å². The Balaban J connectivity index is 2.07. The summed E-state index contributed by atoms with van der Waals surface area (Å²) in [6, 6.07) is 3.36. The maximum Gasteiger partial charge on any atom is 0.264 e. The zero-order chi connectivity index (χ0) is 14.3. The molecule has 0 unspecified atom stereocenters. The Morgan fingerprint density at radius 3 is 2.85 bits per heavy atom. The van der Waals surface area contributed by atoms with E-state index in [2.05, 4.69) is 15.1 Å². The molecule has 0 saturated carbocycles. The van der Waals surface area contributed by atoms with Crippen LogP contribution in [0.15, 0.2) is 29.5 Å². The number of hydrogen-bond acceptors (Lipinski definition) is 4. The lowest BCUT2D eigenvalue weighted by molar-refractivity contribution is 0.735. The molecule has 3 rings (SSSR count). The Labute approximate surface area is 123 Å². The molecule has 0 N–H and O–H groups in total. The van der Waals surface area contributed by atoms with Crippen LogP contribution in [0.1, 0.15) is 5.56 Å². The van der Waals surface area contributed by atoms with Gasteiger partial charge in [0.05, 0.1) is 12.7 Å². The van der Waals surface area contributed by atoms with Crippen molar-refractivity contribution in [2.24, 2.45) is 7.05 Å². The van der Waals surface area contributed by atoms with E-state index in [9.17, 15) is 4.79 Å². The second-order valence-corrected chi connectivity index (χ2v) is 5.01. The molecule has 20 heavy (non-hydrogen) atoms.